The average Bonchev–Trinajstić information content (AvgIpc) is 2.66. The van der Waals surface area contributed by atoms with Crippen molar-refractivity contribution in [2.45, 2.75) is 0 Å². The van der Waals surface area contributed by atoms with E-state index in [-0.39, 0.29) is 5.91 Å². The maximum Gasteiger partial charge on any atom is 0.251 e. The third-order valence-corrected chi connectivity index (χ3v) is 4.03. The van der Waals surface area contributed by atoms with E-state index in [1.165, 1.54) is 0 Å². The fourth-order valence-electron chi connectivity index (χ4n) is 2.85. The van der Waals surface area contributed by atoms with Gasteiger partial charge in [-0.1, -0.05) is 18.2 Å². The number of nitrogens with one attached hydrogen (secondary N) is 1. The number of fused-ring (bicyclic) bond motifs is 2. The Morgan fingerprint density at radius 2 is 1.83 bits per heavy atom. The summed E-state index contributed by atoms with van der Waals surface area (Å²) in [6, 6.07) is 15.1. The van der Waals surface area contributed by atoms with E-state index in [4.69, 9.17) is 14.5 Å². The highest BCUT2D eigenvalue weighted by Gasteiger charge is 2.16. The molecule has 0 saturated heterocycles. The van der Waals surface area contributed by atoms with Gasteiger partial charge in [0.1, 0.15) is 13.2 Å². The number of hydrogen-bond acceptors (Lipinski definition) is 4. The molecule has 0 spiro atoms. The molecule has 1 aromatic heterocycles. The minimum Gasteiger partial charge on any atom is -0.486 e. The molecule has 0 atom stereocenters. The number of carbonyl (C=O) groups is 1. The van der Waals surface area contributed by atoms with Crippen LogP contribution in [-0.2, 0) is 0 Å². The summed E-state index contributed by atoms with van der Waals surface area (Å²) in [5.74, 6) is 1.31. The van der Waals surface area contributed by atoms with Crippen LogP contribution >= 0.6 is 0 Å². The standard InChI is InChI=1S/C19H16N2O3/c1-20-19(22)14-11-16(21-15-5-3-2-4-13(14)15)12-6-7-17-18(10-12)24-9-8-23-17/h2-7,10-11H,8-9H2,1H3,(H,20,22). The van der Waals surface area contributed by atoms with Crippen LogP contribution in [-0.4, -0.2) is 31.2 Å². The third-order valence-electron chi connectivity index (χ3n) is 4.03. The topological polar surface area (TPSA) is 60.5 Å². The second kappa shape index (κ2) is 5.85. The van der Waals surface area contributed by atoms with Crippen molar-refractivity contribution in [3.05, 3.63) is 54.1 Å². The summed E-state index contributed by atoms with van der Waals surface area (Å²) in [6.45, 7) is 1.09. The summed E-state index contributed by atoms with van der Waals surface area (Å²) in [4.78, 5) is 17.0. The van der Waals surface area contributed by atoms with Crippen LogP contribution in [0, 0.1) is 0 Å². The van der Waals surface area contributed by atoms with Crippen LogP contribution in [0.3, 0.4) is 0 Å². The van der Waals surface area contributed by atoms with Gasteiger partial charge in [0.2, 0.25) is 0 Å². The molecule has 5 heteroatoms. The summed E-state index contributed by atoms with van der Waals surface area (Å²) < 4.78 is 11.2. The van der Waals surface area contributed by atoms with Crippen molar-refractivity contribution in [3.63, 3.8) is 0 Å². The molecule has 5 nitrogen and oxygen atoms in total. The molecular formula is C19H16N2O3. The molecule has 0 fully saturated rings. The Morgan fingerprint density at radius 3 is 2.67 bits per heavy atom. The molecule has 0 aliphatic carbocycles. The number of hydrogen-bond donors (Lipinski definition) is 1. The number of rotatable bonds is 2. The number of aromatic nitrogens is 1. The zero-order valence-electron chi connectivity index (χ0n) is 13.2. The van der Waals surface area contributed by atoms with Crippen LogP contribution in [0.5, 0.6) is 11.5 Å². The molecule has 120 valence electrons. The Morgan fingerprint density at radius 1 is 1.04 bits per heavy atom. The van der Waals surface area contributed by atoms with Crippen LogP contribution in [0.2, 0.25) is 0 Å². The van der Waals surface area contributed by atoms with Gasteiger partial charge in [0, 0.05) is 18.0 Å². The third kappa shape index (κ3) is 2.44. The molecule has 0 saturated carbocycles. The molecule has 3 aromatic rings. The van der Waals surface area contributed by atoms with E-state index in [2.05, 4.69) is 5.32 Å². The molecule has 1 amide bonds. The first kappa shape index (κ1) is 14.5. The zero-order valence-corrected chi connectivity index (χ0v) is 13.2. The molecular weight excluding hydrogens is 304 g/mol. The largest absolute Gasteiger partial charge is 0.486 e. The van der Waals surface area contributed by atoms with Crippen molar-refractivity contribution in [1.82, 2.24) is 10.3 Å². The Labute approximate surface area is 139 Å². The van der Waals surface area contributed by atoms with Crippen LogP contribution in [0.4, 0.5) is 0 Å². The number of ether oxygens (including phenoxy) is 2. The van der Waals surface area contributed by atoms with Gasteiger partial charge in [-0.3, -0.25) is 4.79 Å². The van der Waals surface area contributed by atoms with Crippen LogP contribution in [0.15, 0.2) is 48.5 Å². The minimum absolute atomic E-state index is 0.132. The average molecular weight is 320 g/mol. The van der Waals surface area contributed by atoms with E-state index in [0.717, 1.165) is 27.9 Å². The molecule has 24 heavy (non-hydrogen) atoms. The number of amides is 1. The van der Waals surface area contributed by atoms with Crippen molar-refractivity contribution in [3.8, 4) is 22.8 Å². The first-order valence-electron chi connectivity index (χ1n) is 7.78. The van der Waals surface area contributed by atoms with E-state index >= 15 is 0 Å². The molecule has 0 radical (unpaired) electrons. The monoisotopic (exact) mass is 320 g/mol. The van der Waals surface area contributed by atoms with E-state index in [0.29, 0.717) is 24.5 Å². The van der Waals surface area contributed by atoms with Crippen LogP contribution in [0.25, 0.3) is 22.2 Å². The highest BCUT2D eigenvalue weighted by Crippen LogP contribution is 2.35. The molecule has 1 aliphatic heterocycles. The van der Waals surface area contributed by atoms with Gasteiger partial charge in [0.05, 0.1) is 16.8 Å². The summed E-state index contributed by atoms with van der Waals surface area (Å²) in [6.07, 6.45) is 0. The summed E-state index contributed by atoms with van der Waals surface area (Å²) in [7, 11) is 1.63. The van der Waals surface area contributed by atoms with E-state index in [1.54, 1.807) is 7.05 Å². The second-order valence-electron chi connectivity index (χ2n) is 5.51. The van der Waals surface area contributed by atoms with Gasteiger partial charge in [0.15, 0.2) is 11.5 Å². The zero-order chi connectivity index (χ0) is 16.5. The predicted molar refractivity (Wildman–Crippen MR) is 91.6 cm³/mol. The van der Waals surface area contributed by atoms with Gasteiger partial charge in [0.25, 0.3) is 5.91 Å². The Bertz CT molecular complexity index is 937. The smallest absolute Gasteiger partial charge is 0.251 e. The second-order valence-corrected chi connectivity index (χ2v) is 5.51. The lowest BCUT2D eigenvalue weighted by Gasteiger charge is -2.19. The molecule has 2 aromatic carbocycles. The van der Waals surface area contributed by atoms with Gasteiger partial charge in [-0.25, -0.2) is 4.98 Å². The van der Waals surface area contributed by atoms with Crippen molar-refractivity contribution in [2.24, 2.45) is 0 Å². The van der Waals surface area contributed by atoms with Crippen LogP contribution < -0.4 is 14.8 Å². The minimum atomic E-state index is -0.132. The van der Waals surface area contributed by atoms with Crippen molar-refractivity contribution >= 4 is 16.8 Å². The number of benzene rings is 2. The van der Waals surface area contributed by atoms with Gasteiger partial charge in [-0.2, -0.15) is 0 Å². The van der Waals surface area contributed by atoms with Gasteiger partial charge < -0.3 is 14.8 Å². The highest BCUT2D eigenvalue weighted by molar-refractivity contribution is 6.07. The van der Waals surface area contributed by atoms with E-state index in [1.807, 2.05) is 48.5 Å². The SMILES string of the molecule is CNC(=O)c1cc(-c2ccc3c(c2)OCCO3)nc2ccccc12. The van der Waals surface area contributed by atoms with E-state index in [9.17, 15) is 4.79 Å². The first-order valence-corrected chi connectivity index (χ1v) is 7.78. The van der Waals surface area contributed by atoms with Crippen molar-refractivity contribution < 1.29 is 14.3 Å². The normalized spacial score (nSPS) is 12.9. The predicted octanol–water partition coefficient (Wildman–Crippen LogP) is 3.03. The van der Waals surface area contributed by atoms with Gasteiger partial charge in [-0.05, 0) is 30.3 Å². The number of nitrogens with zero attached hydrogens (tertiary/aromatic N) is 1. The lowest BCUT2D eigenvalue weighted by Crippen LogP contribution is -2.18. The molecule has 2 heterocycles. The number of carbonyl (C=O) groups excluding carboxylic acids is 1. The lowest BCUT2D eigenvalue weighted by atomic mass is 10.0. The van der Waals surface area contributed by atoms with Crippen molar-refractivity contribution in [1.29, 1.82) is 0 Å². The van der Waals surface area contributed by atoms with Crippen LogP contribution in [0.1, 0.15) is 10.4 Å². The quantitative estimate of drug-likeness (QED) is 0.788. The summed E-state index contributed by atoms with van der Waals surface area (Å²) in [5.41, 5.74) is 3.00. The first-order chi connectivity index (χ1) is 11.8. The molecule has 1 N–H and O–H groups in total. The fourth-order valence-corrected chi connectivity index (χ4v) is 2.85. The molecule has 4 rings (SSSR count). The molecule has 0 unspecified atom stereocenters. The van der Waals surface area contributed by atoms with Gasteiger partial charge >= 0.3 is 0 Å². The lowest BCUT2D eigenvalue weighted by molar-refractivity contribution is 0.0964. The van der Waals surface area contributed by atoms with Gasteiger partial charge in [-0.15, -0.1) is 0 Å². The maximum atomic E-state index is 12.3. The molecule has 1 aliphatic rings. The molecule has 0 bridgehead atoms. The van der Waals surface area contributed by atoms with Crippen molar-refractivity contribution in [2.75, 3.05) is 20.3 Å². The Hall–Kier alpha value is -3.08. The number of para-hydroxylation sites is 1. The summed E-state index contributed by atoms with van der Waals surface area (Å²) in [5, 5.41) is 3.52. The fraction of sp³-hybridized carbons (Fsp3) is 0.158. The number of pyridine rings is 1. The Balaban J connectivity index is 1.89. The maximum absolute atomic E-state index is 12.3. The summed E-state index contributed by atoms with van der Waals surface area (Å²) >= 11 is 0. The highest BCUT2D eigenvalue weighted by atomic mass is 16.6. The van der Waals surface area contributed by atoms with E-state index < -0.39 is 0 Å². The Kier molecular flexibility index (Phi) is 3.54.